The quantitative estimate of drug-likeness (QED) is 0.889. The fourth-order valence-electron chi connectivity index (χ4n) is 3.11. The summed E-state index contributed by atoms with van der Waals surface area (Å²) >= 11 is 0. The van der Waals surface area contributed by atoms with Crippen LogP contribution >= 0.6 is 0 Å². The van der Waals surface area contributed by atoms with Gasteiger partial charge in [0.2, 0.25) is 11.8 Å². The highest BCUT2D eigenvalue weighted by molar-refractivity contribution is 5.94. The number of carbonyl (C=O) groups excluding carboxylic acids is 2. The fourth-order valence-corrected chi connectivity index (χ4v) is 3.11. The van der Waals surface area contributed by atoms with Crippen LogP contribution in [-0.4, -0.2) is 40.3 Å². The van der Waals surface area contributed by atoms with Gasteiger partial charge in [-0.1, -0.05) is 6.07 Å². The molecule has 1 N–H and O–H groups in total. The fraction of sp³-hybridized carbons (Fsp3) is 0.368. The van der Waals surface area contributed by atoms with E-state index in [-0.39, 0.29) is 17.9 Å². The van der Waals surface area contributed by atoms with E-state index in [9.17, 15) is 9.59 Å². The van der Waals surface area contributed by atoms with Crippen molar-refractivity contribution in [1.29, 1.82) is 0 Å². The van der Waals surface area contributed by atoms with Crippen LogP contribution in [0, 0.1) is 0 Å². The van der Waals surface area contributed by atoms with Gasteiger partial charge in [-0.15, -0.1) is 0 Å². The lowest BCUT2D eigenvalue weighted by atomic mass is 10.1. The van der Waals surface area contributed by atoms with E-state index in [1.165, 1.54) is 13.1 Å². The molecule has 2 amide bonds. The summed E-state index contributed by atoms with van der Waals surface area (Å²) in [6.45, 7) is 2.55. The van der Waals surface area contributed by atoms with Crippen molar-refractivity contribution in [2.24, 2.45) is 0 Å². The second kappa shape index (κ2) is 7.95. The van der Waals surface area contributed by atoms with Gasteiger partial charge in [-0.05, 0) is 31.0 Å². The molecule has 1 aliphatic heterocycles. The second-order valence-corrected chi connectivity index (χ2v) is 6.21. The summed E-state index contributed by atoms with van der Waals surface area (Å²) in [5.41, 5.74) is 2.16. The Kier molecular flexibility index (Phi) is 5.46. The first-order chi connectivity index (χ1) is 12.6. The number of ether oxygens (including phenoxy) is 1. The summed E-state index contributed by atoms with van der Waals surface area (Å²) in [6.07, 6.45) is 3.33. The van der Waals surface area contributed by atoms with Crippen LogP contribution in [0.5, 0.6) is 5.88 Å². The number of nitrogens with one attached hydrogen (secondary N) is 1. The molecule has 0 aromatic carbocycles. The number of carbonyl (C=O) groups is 2. The molecule has 1 fully saturated rings. The normalized spacial score (nSPS) is 16.4. The molecule has 0 unspecified atom stereocenters. The number of likely N-dealkylation sites (tertiary alicyclic amines) is 1. The van der Waals surface area contributed by atoms with Crippen LogP contribution in [-0.2, 0) is 11.3 Å². The number of aromatic nitrogens is 2. The smallest absolute Gasteiger partial charge is 0.255 e. The molecular formula is C19H22N4O3. The summed E-state index contributed by atoms with van der Waals surface area (Å²) in [6, 6.07) is 9.06. The maximum atomic E-state index is 12.9. The molecule has 2 aromatic rings. The Balaban J connectivity index is 1.78. The van der Waals surface area contributed by atoms with Crippen LogP contribution in [0.4, 0.5) is 0 Å². The number of methoxy groups -OCH3 is 1. The van der Waals surface area contributed by atoms with Gasteiger partial charge in [0, 0.05) is 25.7 Å². The zero-order valence-electron chi connectivity index (χ0n) is 14.9. The highest BCUT2D eigenvalue weighted by Gasteiger charge is 2.31. The summed E-state index contributed by atoms with van der Waals surface area (Å²) < 4.78 is 5.04. The SMILES string of the molecule is COc1ccc(C(=O)N2CCC[C@@H]2c2cccc(CNC(C)=O)n2)cn1. The average molecular weight is 354 g/mol. The highest BCUT2D eigenvalue weighted by atomic mass is 16.5. The van der Waals surface area contributed by atoms with Gasteiger partial charge < -0.3 is 15.0 Å². The summed E-state index contributed by atoms with van der Waals surface area (Å²) in [5.74, 6) is 0.324. The van der Waals surface area contributed by atoms with Crippen molar-refractivity contribution in [3.63, 3.8) is 0 Å². The Morgan fingerprint density at radius 2 is 2.15 bits per heavy atom. The van der Waals surface area contributed by atoms with Crippen molar-refractivity contribution in [3.05, 3.63) is 53.5 Å². The van der Waals surface area contributed by atoms with Crippen LogP contribution in [0.3, 0.4) is 0 Å². The minimum absolute atomic E-state index is 0.0586. The zero-order chi connectivity index (χ0) is 18.5. The lowest BCUT2D eigenvalue weighted by Gasteiger charge is -2.24. The van der Waals surface area contributed by atoms with Crippen molar-refractivity contribution in [2.75, 3.05) is 13.7 Å². The minimum Gasteiger partial charge on any atom is -0.481 e. The molecule has 2 aromatic heterocycles. The van der Waals surface area contributed by atoms with Gasteiger partial charge >= 0.3 is 0 Å². The Hall–Kier alpha value is -2.96. The average Bonchev–Trinajstić information content (AvgIpc) is 3.16. The first-order valence-electron chi connectivity index (χ1n) is 8.60. The van der Waals surface area contributed by atoms with Crippen LogP contribution in [0.2, 0.25) is 0 Å². The predicted molar refractivity (Wildman–Crippen MR) is 95.6 cm³/mol. The molecule has 1 aliphatic rings. The molecule has 26 heavy (non-hydrogen) atoms. The minimum atomic E-state index is -0.0955. The van der Waals surface area contributed by atoms with Gasteiger partial charge in [0.15, 0.2) is 0 Å². The third-order valence-corrected chi connectivity index (χ3v) is 4.39. The lowest BCUT2D eigenvalue weighted by molar-refractivity contribution is -0.119. The summed E-state index contributed by atoms with van der Waals surface area (Å²) in [7, 11) is 1.54. The van der Waals surface area contributed by atoms with E-state index in [4.69, 9.17) is 4.74 Å². The van der Waals surface area contributed by atoms with E-state index in [1.807, 2.05) is 23.1 Å². The maximum absolute atomic E-state index is 12.9. The molecule has 3 heterocycles. The van der Waals surface area contributed by atoms with Gasteiger partial charge in [0.05, 0.1) is 36.6 Å². The summed E-state index contributed by atoms with van der Waals surface area (Å²) in [5, 5.41) is 2.75. The highest BCUT2D eigenvalue weighted by Crippen LogP contribution is 2.32. The van der Waals surface area contributed by atoms with Crippen molar-refractivity contribution in [2.45, 2.75) is 32.4 Å². The molecule has 0 aliphatic carbocycles. The third kappa shape index (κ3) is 3.99. The van der Waals surface area contributed by atoms with E-state index < -0.39 is 0 Å². The summed E-state index contributed by atoms with van der Waals surface area (Å²) in [4.78, 5) is 34.6. The molecule has 7 nitrogen and oxygen atoms in total. The largest absolute Gasteiger partial charge is 0.481 e. The van der Waals surface area contributed by atoms with E-state index >= 15 is 0 Å². The first kappa shape index (κ1) is 17.8. The zero-order valence-corrected chi connectivity index (χ0v) is 14.9. The second-order valence-electron chi connectivity index (χ2n) is 6.21. The molecule has 7 heteroatoms. The van der Waals surface area contributed by atoms with E-state index in [2.05, 4.69) is 15.3 Å². The van der Waals surface area contributed by atoms with E-state index in [1.54, 1.807) is 19.2 Å². The number of hydrogen-bond donors (Lipinski definition) is 1. The first-order valence-corrected chi connectivity index (χ1v) is 8.60. The molecule has 0 spiro atoms. The van der Waals surface area contributed by atoms with Crippen LogP contribution < -0.4 is 10.1 Å². The van der Waals surface area contributed by atoms with E-state index in [0.717, 1.165) is 24.2 Å². The molecule has 0 radical (unpaired) electrons. The third-order valence-electron chi connectivity index (χ3n) is 4.39. The number of amides is 2. The van der Waals surface area contributed by atoms with Crippen molar-refractivity contribution >= 4 is 11.8 Å². The van der Waals surface area contributed by atoms with Gasteiger partial charge in [0.1, 0.15) is 0 Å². The molecule has 0 bridgehead atoms. The Labute approximate surface area is 152 Å². The standard InChI is InChI=1S/C19H22N4O3/c1-13(24)20-12-15-5-3-6-16(22-15)17-7-4-10-23(17)19(25)14-8-9-18(26-2)21-11-14/h3,5-6,8-9,11,17H,4,7,10,12H2,1-2H3,(H,20,24)/t17-/m1/s1. The van der Waals surface area contributed by atoms with Crippen molar-refractivity contribution < 1.29 is 14.3 Å². The van der Waals surface area contributed by atoms with Gasteiger partial charge in [-0.3, -0.25) is 14.6 Å². The van der Waals surface area contributed by atoms with Crippen molar-refractivity contribution in [1.82, 2.24) is 20.2 Å². The topological polar surface area (TPSA) is 84.4 Å². The predicted octanol–water partition coefficient (Wildman–Crippen LogP) is 2.10. The van der Waals surface area contributed by atoms with Crippen LogP contribution in [0.1, 0.15) is 47.6 Å². The maximum Gasteiger partial charge on any atom is 0.255 e. The lowest BCUT2D eigenvalue weighted by Crippen LogP contribution is -2.31. The Bertz CT molecular complexity index is 792. The monoisotopic (exact) mass is 354 g/mol. The van der Waals surface area contributed by atoms with Crippen LogP contribution in [0.25, 0.3) is 0 Å². The van der Waals surface area contributed by atoms with Crippen LogP contribution in [0.15, 0.2) is 36.5 Å². The Morgan fingerprint density at radius 1 is 1.31 bits per heavy atom. The van der Waals surface area contributed by atoms with Crippen molar-refractivity contribution in [3.8, 4) is 5.88 Å². The van der Waals surface area contributed by atoms with E-state index in [0.29, 0.717) is 24.5 Å². The van der Waals surface area contributed by atoms with Gasteiger partial charge in [-0.2, -0.15) is 0 Å². The van der Waals surface area contributed by atoms with Gasteiger partial charge in [0.25, 0.3) is 5.91 Å². The molecular weight excluding hydrogens is 332 g/mol. The molecule has 1 atom stereocenters. The molecule has 1 saturated heterocycles. The molecule has 0 saturated carbocycles. The van der Waals surface area contributed by atoms with Gasteiger partial charge in [-0.25, -0.2) is 4.98 Å². The molecule has 3 rings (SSSR count). The molecule has 136 valence electrons. The number of nitrogens with zero attached hydrogens (tertiary/aromatic N) is 3. The number of rotatable bonds is 5. The number of pyridine rings is 2. The number of hydrogen-bond acceptors (Lipinski definition) is 5. The Morgan fingerprint density at radius 3 is 2.85 bits per heavy atom.